The maximum Gasteiger partial charge on any atom is 0.123 e. The Hall–Kier alpha value is -1.19. The summed E-state index contributed by atoms with van der Waals surface area (Å²) in [5.41, 5.74) is 10.0. The smallest absolute Gasteiger partial charge is 0.123 e. The topological polar surface area (TPSA) is 26.0 Å². The Kier molecular flexibility index (Phi) is 4.41. The van der Waals surface area contributed by atoms with E-state index < -0.39 is 0 Å². The van der Waals surface area contributed by atoms with E-state index in [1.54, 1.807) is 6.07 Å². The van der Waals surface area contributed by atoms with E-state index in [1.165, 1.54) is 53.5 Å². The Morgan fingerprint density at radius 3 is 2.86 bits per heavy atom. The predicted octanol–water partition coefficient (Wildman–Crippen LogP) is 4.71. The van der Waals surface area contributed by atoms with E-state index in [1.807, 2.05) is 24.3 Å². The number of rotatable bonds is 3. The van der Waals surface area contributed by atoms with Crippen molar-refractivity contribution in [3.8, 4) is 0 Å². The Balaban J connectivity index is 1.79. The zero-order valence-corrected chi connectivity index (χ0v) is 13.3. The normalized spacial score (nSPS) is 16.3. The van der Waals surface area contributed by atoms with Crippen molar-refractivity contribution in [3.63, 3.8) is 0 Å². The van der Waals surface area contributed by atoms with Gasteiger partial charge in [-0.25, -0.2) is 4.39 Å². The standard InChI is InChI=1S/C18H22FNS/c1-12-7-8-15(19)9-14(12)10-16(20)18-11-13-5-3-2-4-6-17(13)21-18/h7-9,11,16H,2-6,10,20H2,1H3. The lowest BCUT2D eigenvalue weighted by Crippen LogP contribution is -2.12. The molecule has 2 N–H and O–H groups in total. The average Bonchev–Trinajstić information content (AvgIpc) is 2.74. The highest BCUT2D eigenvalue weighted by Crippen LogP contribution is 2.33. The van der Waals surface area contributed by atoms with Gasteiger partial charge in [0.05, 0.1) is 0 Å². The van der Waals surface area contributed by atoms with Crippen molar-refractivity contribution in [2.24, 2.45) is 5.73 Å². The number of fused-ring (bicyclic) bond motifs is 1. The Morgan fingerprint density at radius 2 is 2.00 bits per heavy atom. The van der Waals surface area contributed by atoms with Crippen LogP contribution in [0, 0.1) is 12.7 Å². The number of benzene rings is 1. The summed E-state index contributed by atoms with van der Waals surface area (Å²) < 4.78 is 13.4. The van der Waals surface area contributed by atoms with E-state index in [2.05, 4.69) is 6.07 Å². The molecule has 0 bridgehead atoms. The molecule has 1 unspecified atom stereocenters. The van der Waals surface area contributed by atoms with Gasteiger partial charge >= 0.3 is 0 Å². The van der Waals surface area contributed by atoms with Crippen LogP contribution in [0.3, 0.4) is 0 Å². The lowest BCUT2D eigenvalue weighted by Gasteiger charge is -2.12. The number of halogens is 1. The van der Waals surface area contributed by atoms with E-state index in [0.29, 0.717) is 6.42 Å². The molecule has 112 valence electrons. The van der Waals surface area contributed by atoms with Gasteiger partial charge in [-0.05, 0) is 73.9 Å². The van der Waals surface area contributed by atoms with Gasteiger partial charge in [0, 0.05) is 15.8 Å². The van der Waals surface area contributed by atoms with Crippen molar-refractivity contribution in [2.45, 2.75) is 51.5 Å². The number of aryl methyl sites for hydroxylation is 3. The lowest BCUT2D eigenvalue weighted by molar-refractivity contribution is 0.621. The summed E-state index contributed by atoms with van der Waals surface area (Å²) in [4.78, 5) is 2.78. The van der Waals surface area contributed by atoms with Gasteiger partial charge in [-0.3, -0.25) is 0 Å². The van der Waals surface area contributed by atoms with Crippen molar-refractivity contribution in [3.05, 3.63) is 56.5 Å². The van der Waals surface area contributed by atoms with Crippen LogP contribution in [0.15, 0.2) is 24.3 Å². The second-order valence-corrected chi connectivity index (χ2v) is 7.21. The molecule has 21 heavy (non-hydrogen) atoms. The van der Waals surface area contributed by atoms with E-state index in [9.17, 15) is 4.39 Å². The average molecular weight is 303 g/mol. The van der Waals surface area contributed by atoms with E-state index in [0.717, 1.165) is 11.1 Å². The Morgan fingerprint density at radius 1 is 1.19 bits per heavy atom. The van der Waals surface area contributed by atoms with Crippen LogP contribution in [-0.2, 0) is 19.3 Å². The molecular weight excluding hydrogens is 281 g/mol. The molecule has 0 saturated carbocycles. The van der Waals surface area contributed by atoms with Crippen LogP contribution < -0.4 is 5.73 Å². The fraction of sp³-hybridized carbons (Fsp3) is 0.444. The monoisotopic (exact) mass is 303 g/mol. The van der Waals surface area contributed by atoms with Crippen LogP contribution in [-0.4, -0.2) is 0 Å². The molecule has 1 heterocycles. The first-order valence-corrected chi connectivity index (χ1v) is 8.57. The van der Waals surface area contributed by atoms with Crippen molar-refractivity contribution in [2.75, 3.05) is 0 Å². The van der Waals surface area contributed by atoms with Crippen LogP contribution in [0.25, 0.3) is 0 Å². The number of nitrogens with two attached hydrogens (primary N) is 1. The molecule has 1 nitrogen and oxygen atoms in total. The third-order valence-electron chi connectivity index (χ3n) is 4.38. The molecule has 1 aliphatic carbocycles. The number of hydrogen-bond donors (Lipinski definition) is 1. The minimum Gasteiger partial charge on any atom is -0.323 e. The molecule has 1 atom stereocenters. The van der Waals surface area contributed by atoms with E-state index in [-0.39, 0.29) is 11.9 Å². The van der Waals surface area contributed by atoms with Gasteiger partial charge in [0.15, 0.2) is 0 Å². The highest BCUT2D eigenvalue weighted by molar-refractivity contribution is 7.12. The lowest BCUT2D eigenvalue weighted by atomic mass is 10.00. The van der Waals surface area contributed by atoms with Gasteiger partial charge < -0.3 is 5.73 Å². The molecular formula is C18H22FNS. The van der Waals surface area contributed by atoms with Crippen molar-refractivity contribution >= 4 is 11.3 Å². The summed E-state index contributed by atoms with van der Waals surface area (Å²) in [6, 6.07) is 7.24. The second-order valence-electron chi connectivity index (χ2n) is 6.04. The molecule has 0 spiro atoms. The summed E-state index contributed by atoms with van der Waals surface area (Å²) in [5, 5.41) is 0. The fourth-order valence-corrected chi connectivity index (χ4v) is 4.33. The first kappa shape index (κ1) is 14.7. The molecule has 0 fully saturated rings. The number of thiophene rings is 1. The first-order valence-electron chi connectivity index (χ1n) is 7.75. The minimum absolute atomic E-state index is 0.0255. The zero-order chi connectivity index (χ0) is 14.8. The van der Waals surface area contributed by atoms with Gasteiger partial charge in [0.2, 0.25) is 0 Å². The molecule has 1 aromatic heterocycles. The zero-order valence-electron chi connectivity index (χ0n) is 12.5. The number of hydrogen-bond acceptors (Lipinski definition) is 2. The predicted molar refractivity (Wildman–Crippen MR) is 87.3 cm³/mol. The van der Waals surface area contributed by atoms with E-state index >= 15 is 0 Å². The van der Waals surface area contributed by atoms with Gasteiger partial charge in [0.25, 0.3) is 0 Å². The Labute approximate surface area is 130 Å². The fourth-order valence-electron chi connectivity index (χ4n) is 3.07. The van der Waals surface area contributed by atoms with Gasteiger partial charge in [-0.1, -0.05) is 12.5 Å². The second kappa shape index (κ2) is 6.29. The van der Waals surface area contributed by atoms with Gasteiger partial charge in [-0.15, -0.1) is 11.3 Å². The summed E-state index contributed by atoms with van der Waals surface area (Å²) in [5.74, 6) is -0.176. The minimum atomic E-state index is -0.176. The molecule has 1 aliphatic rings. The molecule has 1 aromatic carbocycles. The van der Waals surface area contributed by atoms with Gasteiger partial charge in [-0.2, -0.15) is 0 Å². The first-order chi connectivity index (χ1) is 10.1. The summed E-state index contributed by atoms with van der Waals surface area (Å²) in [7, 11) is 0. The summed E-state index contributed by atoms with van der Waals surface area (Å²) in [6.45, 7) is 2.02. The molecule has 3 rings (SSSR count). The van der Waals surface area contributed by atoms with Crippen LogP contribution in [0.1, 0.15) is 51.7 Å². The van der Waals surface area contributed by atoms with Crippen molar-refractivity contribution < 1.29 is 4.39 Å². The molecule has 2 aromatic rings. The van der Waals surface area contributed by atoms with Crippen LogP contribution in [0.5, 0.6) is 0 Å². The van der Waals surface area contributed by atoms with Crippen LogP contribution in [0.2, 0.25) is 0 Å². The molecule has 0 aliphatic heterocycles. The van der Waals surface area contributed by atoms with Crippen LogP contribution in [0.4, 0.5) is 4.39 Å². The van der Waals surface area contributed by atoms with Gasteiger partial charge in [0.1, 0.15) is 5.82 Å². The highest BCUT2D eigenvalue weighted by atomic mass is 32.1. The van der Waals surface area contributed by atoms with Crippen LogP contribution >= 0.6 is 11.3 Å². The summed E-state index contributed by atoms with van der Waals surface area (Å²) in [6.07, 6.45) is 7.03. The highest BCUT2D eigenvalue weighted by Gasteiger charge is 2.17. The quantitative estimate of drug-likeness (QED) is 0.817. The third-order valence-corrected chi connectivity index (χ3v) is 5.75. The molecule has 3 heteroatoms. The third kappa shape index (κ3) is 3.35. The maximum absolute atomic E-state index is 13.4. The summed E-state index contributed by atoms with van der Waals surface area (Å²) >= 11 is 1.87. The largest absolute Gasteiger partial charge is 0.323 e. The van der Waals surface area contributed by atoms with Crippen molar-refractivity contribution in [1.82, 2.24) is 0 Å². The SMILES string of the molecule is Cc1ccc(F)cc1CC(N)c1cc2c(s1)CCCCC2. The van der Waals surface area contributed by atoms with E-state index in [4.69, 9.17) is 5.73 Å². The Bertz CT molecular complexity index is 609. The molecule has 0 radical (unpaired) electrons. The van der Waals surface area contributed by atoms with Crippen molar-refractivity contribution in [1.29, 1.82) is 0 Å². The molecule has 0 amide bonds. The maximum atomic E-state index is 13.4. The molecule has 0 saturated heterocycles.